The molecule has 0 aliphatic carbocycles. The zero-order valence-electron chi connectivity index (χ0n) is 14.0. The van der Waals surface area contributed by atoms with E-state index in [-0.39, 0.29) is 11.9 Å². The van der Waals surface area contributed by atoms with E-state index in [0.29, 0.717) is 11.7 Å². The summed E-state index contributed by atoms with van der Waals surface area (Å²) in [4.78, 5) is 19.2. The summed E-state index contributed by atoms with van der Waals surface area (Å²) in [6.07, 6.45) is 2.97. The summed E-state index contributed by atoms with van der Waals surface area (Å²) >= 11 is 0. The van der Waals surface area contributed by atoms with Crippen molar-refractivity contribution in [3.05, 3.63) is 36.2 Å². The van der Waals surface area contributed by atoms with Crippen molar-refractivity contribution in [1.29, 1.82) is 0 Å². The van der Waals surface area contributed by atoms with Crippen LogP contribution < -0.4 is 0 Å². The average molecular weight is 313 g/mol. The van der Waals surface area contributed by atoms with E-state index in [0.717, 1.165) is 31.4 Å². The highest BCUT2D eigenvalue weighted by atomic mass is 16.5. The molecule has 122 valence electrons. The SMILES string of the molecule is CC(C)(C)C(=O)N1CCCCC1c1nc(-c2ccccc2)no1. The van der Waals surface area contributed by atoms with Gasteiger partial charge < -0.3 is 9.42 Å². The third-order valence-electron chi connectivity index (χ3n) is 4.16. The van der Waals surface area contributed by atoms with E-state index in [4.69, 9.17) is 4.52 Å². The molecule has 1 atom stereocenters. The summed E-state index contributed by atoms with van der Waals surface area (Å²) < 4.78 is 5.50. The fraction of sp³-hybridized carbons (Fsp3) is 0.500. The molecule has 23 heavy (non-hydrogen) atoms. The van der Waals surface area contributed by atoms with Crippen LogP contribution in [0.15, 0.2) is 34.9 Å². The van der Waals surface area contributed by atoms with Crippen molar-refractivity contribution in [2.75, 3.05) is 6.54 Å². The molecule has 5 heteroatoms. The molecule has 1 aromatic heterocycles. The molecule has 0 radical (unpaired) electrons. The van der Waals surface area contributed by atoms with Crippen LogP contribution in [0.25, 0.3) is 11.4 Å². The molecule has 2 heterocycles. The van der Waals surface area contributed by atoms with Crippen LogP contribution in [0.5, 0.6) is 0 Å². The molecule has 0 N–H and O–H groups in total. The minimum absolute atomic E-state index is 0.111. The Morgan fingerprint density at radius 3 is 2.65 bits per heavy atom. The van der Waals surface area contributed by atoms with E-state index in [9.17, 15) is 4.79 Å². The van der Waals surface area contributed by atoms with Crippen LogP contribution in [0.1, 0.15) is 52.0 Å². The van der Waals surface area contributed by atoms with Crippen LogP contribution in [-0.2, 0) is 4.79 Å². The second kappa shape index (κ2) is 6.14. The number of aromatic nitrogens is 2. The molecule has 1 unspecified atom stereocenters. The summed E-state index contributed by atoms with van der Waals surface area (Å²) in [5, 5.41) is 4.09. The maximum Gasteiger partial charge on any atom is 0.249 e. The second-order valence-electron chi connectivity index (χ2n) is 7.08. The third kappa shape index (κ3) is 3.28. The highest BCUT2D eigenvalue weighted by Gasteiger charge is 2.36. The first-order valence-corrected chi connectivity index (χ1v) is 8.17. The van der Waals surface area contributed by atoms with Gasteiger partial charge in [0.05, 0.1) is 0 Å². The van der Waals surface area contributed by atoms with E-state index in [1.165, 1.54) is 0 Å². The summed E-state index contributed by atoms with van der Waals surface area (Å²) in [5.74, 6) is 1.26. The molecule has 3 rings (SSSR count). The Balaban J connectivity index is 1.87. The highest BCUT2D eigenvalue weighted by Crippen LogP contribution is 2.34. The van der Waals surface area contributed by atoms with Crippen LogP contribution in [0, 0.1) is 5.41 Å². The summed E-state index contributed by atoms with van der Waals surface area (Å²) in [7, 11) is 0. The Labute approximate surface area is 136 Å². The minimum Gasteiger partial charge on any atom is -0.337 e. The number of rotatable bonds is 2. The minimum atomic E-state index is -0.405. The van der Waals surface area contributed by atoms with Crippen LogP contribution in [0.3, 0.4) is 0 Å². The number of nitrogens with zero attached hydrogens (tertiary/aromatic N) is 3. The number of benzene rings is 1. The highest BCUT2D eigenvalue weighted by molar-refractivity contribution is 5.82. The number of carbonyl (C=O) groups is 1. The lowest BCUT2D eigenvalue weighted by Gasteiger charge is -2.37. The van der Waals surface area contributed by atoms with Gasteiger partial charge in [-0.25, -0.2) is 0 Å². The molecule has 2 aromatic rings. The lowest BCUT2D eigenvalue weighted by atomic mass is 9.91. The Morgan fingerprint density at radius 2 is 1.96 bits per heavy atom. The van der Waals surface area contributed by atoms with Gasteiger partial charge >= 0.3 is 0 Å². The molecule has 1 fully saturated rings. The molecule has 1 aromatic carbocycles. The molecule has 1 amide bonds. The lowest BCUT2D eigenvalue weighted by molar-refractivity contribution is -0.144. The van der Waals surface area contributed by atoms with Crippen LogP contribution in [0.2, 0.25) is 0 Å². The zero-order chi connectivity index (χ0) is 16.4. The first kappa shape index (κ1) is 15.7. The van der Waals surface area contributed by atoms with Crippen molar-refractivity contribution in [2.45, 2.75) is 46.1 Å². The van der Waals surface area contributed by atoms with E-state index in [1.54, 1.807) is 0 Å². The maximum atomic E-state index is 12.7. The molecule has 1 aliphatic heterocycles. The van der Waals surface area contributed by atoms with Gasteiger partial charge in [0.15, 0.2) is 0 Å². The van der Waals surface area contributed by atoms with Crippen molar-refractivity contribution < 1.29 is 9.32 Å². The quantitative estimate of drug-likeness (QED) is 0.845. The summed E-state index contributed by atoms with van der Waals surface area (Å²) in [5.41, 5.74) is 0.518. The molecular weight excluding hydrogens is 290 g/mol. The van der Waals surface area contributed by atoms with E-state index < -0.39 is 5.41 Å². The van der Waals surface area contributed by atoms with Crippen molar-refractivity contribution >= 4 is 5.91 Å². The molecule has 0 bridgehead atoms. The first-order valence-electron chi connectivity index (χ1n) is 8.17. The summed E-state index contributed by atoms with van der Waals surface area (Å²) in [6, 6.07) is 9.64. The molecule has 1 aliphatic rings. The number of piperidine rings is 1. The summed E-state index contributed by atoms with van der Waals surface area (Å²) in [6.45, 7) is 6.60. The molecular formula is C18H23N3O2. The van der Waals surface area contributed by atoms with Crippen molar-refractivity contribution in [3.63, 3.8) is 0 Å². The third-order valence-corrected chi connectivity index (χ3v) is 4.16. The van der Waals surface area contributed by atoms with Gasteiger partial charge in [-0.05, 0) is 19.3 Å². The van der Waals surface area contributed by atoms with Gasteiger partial charge in [0, 0.05) is 17.5 Å². The number of amides is 1. The smallest absolute Gasteiger partial charge is 0.249 e. The molecule has 0 spiro atoms. The Morgan fingerprint density at radius 1 is 1.22 bits per heavy atom. The predicted molar refractivity (Wildman–Crippen MR) is 87.5 cm³/mol. The Kier molecular flexibility index (Phi) is 4.20. The van der Waals surface area contributed by atoms with E-state index in [1.807, 2.05) is 56.0 Å². The Hall–Kier alpha value is -2.17. The Bertz CT molecular complexity index is 673. The molecule has 1 saturated heterocycles. The number of hydrogen-bond donors (Lipinski definition) is 0. The number of likely N-dealkylation sites (tertiary alicyclic amines) is 1. The second-order valence-corrected chi connectivity index (χ2v) is 7.08. The van der Waals surface area contributed by atoms with Gasteiger partial charge in [0.25, 0.3) is 0 Å². The van der Waals surface area contributed by atoms with Gasteiger partial charge in [-0.15, -0.1) is 0 Å². The molecule has 5 nitrogen and oxygen atoms in total. The van der Waals surface area contributed by atoms with E-state index in [2.05, 4.69) is 10.1 Å². The van der Waals surface area contributed by atoms with Gasteiger partial charge in [0.2, 0.25) is 17.6 Å². The number of carbonyl (C=O) groups excluding carboxylic acids is 1. The van der Waals surface area contributed by atoms with Gasteiger partial charge in [-0.2, -0.15) is 4.98 Å². The monoisotopic (exact) mass is 313 g/mol. The zero-order valence-corrected chi connectivity index (χ0v) is 14.0. The first-order chi connectivity index (χ1) is 11.0. The van der Waals surface area contributed by atoms with Gasteiger partial charge in [-0.3, -0.25) is 4.79 Å². The van der Waals surface area contributed by atoms with Crippen LogP contribution in [0.4, 0.5) is 0 Å². The van der Waals surface area contributed by atoms with Crippen LogP contribution in [-0.4, -0.2) is 27.5 Å². The van der Waals surface area contributed by atoms with Crippen molar-refractivity contribution in [3.8, 4) is 11.4 Å². The molecule has 0 saturated carbocycles. The average Bonchev–Trinajstić information content (AvgIpc) is 3.04. The largest absolute Gasteiger partial charge is 0.337 e. The lowest BCUT2D eigenvalue weighted by Crippen LogP contribution is -2.44. The normalized spacial score (nSPS) is 18.9. The van der Waals surface area contributed by atoms with E-state index >= 15 is 0 Å². The number of hydrogen-bond acceptors (Lipinski definition) is 4. The predicted octanol–water partition coefficient (Wildman–Crippen LogP) is 3.84. The standard InChI is InChI=1S/C18H23N3O2/c1-18(2,3)17(22)21-12-8-7-11-14(21)16-19-15(20-23-16)13-9-5-4-6-10-13/h4-6,9-10,14H,7-8,11-12H2,1-3H3. The van der Waals surface area contributed by atoms with Gasteiger partial charge in [-0.1, -0.05) is 56.3 Å². The van der Waals surface area contributed by atoms with Gasteiger partial charge in [0.1, 0.15) is 6.04 Å². The fourth-order valence-corrected chi connectivity index (χ4v) is 2.94. The maximum absolute atomic E-state index is 12.7. The van der Waals surface area contributed by atoms with Crippen molar-refractivity contribution in [1.82, 2.24) is 15.0 Å². The fourth-order valence-electron chi connectivity index (χ4n) is 2.94. The topological polar surface area (TPSA) is 59.2 Å². The van der Waals surface area contributed by atoms with Crippen molar-refractivity contribution in [2.24, 2.45) is 5.41 Å². The van der Waals surface area contributed by atoms with Crippen LogP contribution >= 0.6 is 0 Å².